The Kier molecular flexibility index (Phi) is 6.07. The van der Waals surface area contributed by atoms with Crippen LogP contribution in [0.15, 0.2) is 59.5 Å². The summed E-state index contributed by atoms with van der Waals surface area (Å²) in [6.45, 7) is 0.431. The third kappa shape index (κ3) is 4.41. The predicted octanol–water partition coefficient (Wildman–Crippen LogP) is 5.52. The Morgan fingerprint density at radius 1 is 1.17 bits per heavy atom. The SMILES string of the molecule is COc1cc(/C=C2\SC(=S)NC2=O)cc(I)c1OCc1cccc2ccccc12. The Balaban J connectivity index is 1.62. The van der Waals surface area contributed by atoms with Crippen LogP contribution in [0.4, 0.5) is 0 Å². The molecule has 1 aliphatic rings. The fourth-order valence-corrected chi connectivity index (χ4v) is 4.93. The lowest BCUT2D eigenvalue weighted by atomic mass is 10.1. The highest BCUT2D eigenvalue weighted by molar-refractivity contribution is 14.1. The van der Waals surface area contributed by atoms with Crippen molar-refractivity contribution in [3.63, 3.8) is 0 Å². The maximum Gasteiger partial charge on any atom is 0.263 e. The van der Waals surface area contributed by atoms with Crippen LogP contribution in [0.25, 0.3) is 16.8 Å². The first-order valence-electron chi connectivity index (χ1n) is 8.77. The summed E-state index contributed by atoms with van der Waals surface area (Å²) in [7, 11) is 1.61. The third-order valence-electron chi connectivity index (χ3n) is 4.44. The minimum Gasteiger partial charge on any atom is -0.493 e. The van der Waals surface area contributed by atoms with Gasteiger partial charge in [-0.2, -0.15) is 0 Å². The van der Waals surface area contributed by atoms with E-state index in [9.17, 15) is 4.79 Å². The van der Waals surface area contributed by atoms with Crippen molar-refractivity contribution in [2.24, 2.45) is 0 Å². The molecule has 0 bridgehead atoms. The number of thioether (sulfide) groups is 1. The van der Waals surface area contributed by atoms with E-state index >= 15 is 0 Å². The summed E-state index contributed by atoms with van der Waals surface area (Å²) in [5.41, 5.74) is 1.96. The average Bonchev–Trinajstić information content (AvgIpc) is 3.03. The molecule has 1 aliphatic heterocycles. The number of halogens is 1. The van der Waals surface area contributed by atoms with Crippen LogP contribution in [-0.2, 0) is 11.4 Å². The maximum absolute atomic E-state index is 11.9. The molecule has 146 valence electrons. The quantitative estimate of drug-likeness (QED) is 0.266. The average molecular weight is 533 g/mol. The Labute approximate surface area is 191 Å². The lowest BCUT2D eigenvalue weighted by Gasteiger charge is -2.15. The molecule has 4 nitrogen and oxygen atoms in total. The molecule has 0 aliphatic carbocycles. The van der Waals surface area contributed by atoms with E-state index in [0.717, 1.165) is 14.7 Å². The van der Waals surface area contributed by atoms with E-state index < -0.39 is 0 Å². The number of thiocarbonyl (C=S) groups is 1. The number of amides is 1. The highest BCUT2D eigenvalue weighted by atomic mass is 127. The van der Waals surface area contributed by atoms with Gasteiger partial charge >= 0.3 is 0 Å². The van der Waals surface area contributed by atoms with Gasteiger partial charge in [-0.1, -0.05) is 66.4 Å². The number of ether oxygens (including phenoxy) is 2. The van der Waals surface area contributed by atoms with Crippen molar-refractivity contribution in [3.8, 4) is 11.5 Å². The van der Waals surface area contributed by atoms with Crippen LogP contribution >= 0.6 is 46.6 Å². The van der Waals surface area contributed by atoms with Crippen LogP contribution < -0.4 is 14.8 Å². The molecule has 3 aromatic carbocycles. The molecule has 0 spiro atoms. The Morgan fingerprint density at radius 2 is 1.97 bits per heavy atom. The number of carbonyl (C=O) groups is 1. The van der Waals surface area contributed by atoms with E-state index in [1.165, 1.54) is 22.5 Å². The second kappa shape index (κ2) is 8.73. The van der Waals surface area contributed by atoms with Gasteiger partial charge in [-0.3, -0.25) is 4.79 Å². The molecule has 4 rings (SSSR count). The molecule has 1 heterocycles. The van der Waals surface area contributed by atoms with Gasteiger partial charge in [-0.15, -0.1) is 0 Å². The second-order valence-corrected chi connectivity index (χ2v) is 9.19. The Bertz CT molecular complexity index is 1150. The number of methoxy groups -OCH3 is 1. The second-order valence-electron chi connectivity index (χ2n) is 6.31. The van der Waals surface area contributed by atoms with Gasteiger partial charge in [0.2, 0.25) is 0 Å². The Morgan fingerprint density at radius 3 is 2.72 bits per heavy atom. The zero-order valence-electron chi connectivity index (χ0n) is 15.4. The van der Waals surface area contributed by atoms with Crippen LogP contribution in [-0.4, -0.2) is 17.3 Å². The number of carbonyl (C=O) groups excluding carboxylic acids is 1. The molecule has 1 amide bonds. The van der Waals surface area contributed by atoms with E-state index in [0.29, 0.717) is 27.3 Å². The van der Waals surface area contributed by atoms with E-state index in [1.807, 2.05) is 30.3 Å². The van der Waals surface area contributed by atoms with Gasteiger partial charge in [0.1, 0.15) is 10.9 Å². The Hall–Kier alpha value is -2.10. The molecule has 1 N–H and O–H groups in total. The number of nitrogens with one attached hydrogen (secondary N) is 1. The van der Waals surface area contributed by atoms with Gasteiger partial charge in [-0.05, 0) is 62.7 Å². The minimum absolute atomic E-state index is 0.176. The van der Waals surface area contributed by atoms with Gasteiger partial charge in [0.05, 0.1) is 15.6 Å². The molecule has 1 saturated heterocycles. The monoisotopic (exact) mass is 533 g/mol. The summed E-state index contributed by atoms with van der Waals surface area (Å²) < 4.78 is 13.1. The lowest BCUT2D eigenvalue weighted by molar-refractivity contribution is -0.115. The first-order valence-corrected chi connectivity index (χ1v) is 11.1. The normalized spacial score (nSPS) is 15.0. The van der Waals surface area contributed by atoms with Crippen molar-refractivity contribution < 1.29 is 14.3 Å². The van der Waals surface area contributed by atoms with Gasteiger partial charge in [0, 0.05) is 0 Å². The first kappa shape index (κ1) is 20.2. The summed E-state index contributed by atoms with van der Waals surface area (Å²) in [5, 5.41) is 4.98. The molecule has 0 saturated carbocycles. The van der Waals surface area contributed by atoms with E-state index in [-0.39, 0.29) is 5.91 Å². The number of fused-ring (bicyclic) bond motifs is 1. The fourth-order valence-electron chi connectivity index (χ4n) is 3.10. The smallest absolute Gasteiger partial charge is 0.263 e. The highest BCUT2D eigenvalue weighted by Gasteiger charge is 2.22. The van der Waals surface area contributed by atoms with Crippen molar-refractivity contribution in [3.05, 3.63) is 74.2 Å². The maximum atomic E-state index is 11.9. The van der Waals surface area contributed by atoms with Gasteiger partial charge in [0.15, 0.2) is 11.5 Å². The van der Waals surface area contributed by atoms with Crippen LogP contribution in [0.1, 0.15) is 11.1 Å². The number of rotatable bonds is 5. The third-order valence-corrected chi connectivity index (χ3v) is 6.41. The zero-order valence-corrected chi connectivity index (χ0v) is 19.2. The molecule has 0 atom stereocenters. The number of hydrogen-bond acceptors (Lipinski definition) is 5. The highest BCUT2D eigenvalue weighted by Crippen LogP contribution is 2.36. The number of benzene rings is 3. The van der Waals surface area contributed by atoms with Crippen molar-refractivity contribution in [1.29, 1.82) is 0 Å². The molecular formula is C22H16INO3S2. The molecule has 29 heavy (non-hydrogen) atoms. The molecular weight excluding hydrogens is 517 g/mol. The van der Waals surface area contributed by atoms with Crippen LogP contribution in [0.3, 0.4) is 0 Å². The first-order chi connectivity index (χ1) is 14.0. The van der Waals surface area contributed by atoms with Crippen molar-refractivity contribution in [2.75, 3.05) is 7.11 Å². The van der Waals surface area contributed by atoms with Crippen LogP contribution in [0, 0.1) is 3.57 Å². The van der Waals surface area contributed by atoms with E-state index in [1.54, 1.807) is 13.2 Å². The zero-order chi connectivity index (χ0) is 20.4. The molecule has 0 unspecified atom stereocenters. The van der Waals surface area contributed by atoms with Crippen molar-refractivity contribution >= 4 is 73.6 Å². The summed E-state index contributed by atoms with van der Waals surface area (Å²) in [6, 6.07) is 18.3. The standard InChI is InChI=1S/C22H16INO3S2/c1-26-18-10-13(11-19-21(25)24-22(28)29-19)9-17(23)20(18)27-12-15-7-4-6-14-5-2-3-8-16(14)15/h2-11H,12H2,1H3,(H,24,25,28)/b19-11-. The molecule has 3 aromatic rings. The van der Waals surface area contributed by atoms with Gasteiger partial charge in [0.25, 0.3) is 5.91 Å². The van der Waals surface area contributed by atoms with Crippen molar-refractivity contribution in [1.82, 2.24) is 5.32 Å². The summed E-state index contributed by atoms with van der Waals surface area (Å²) in [5.74, 6) is 1.13. The fraction of sp³-hybridized carbons (Fsp3) is 0.0909. The van der Waals surface area contributed by atoms with E-state index in [2.05, 4.69) is 52.2 Å². The van der Waals surface area contributed by atoms with Gasteiger partial charge < -0.3 is 14.8 Å². The van der Waals surface area contributed by atoms with E-state index in [4.69, 9.17) is 21.7 Å². The lowest BCUT2D eigenvalue weighted by Crippen LogP contribution is -2.17. The predicted molar refractivity (Wildman–Crippen MR) is 130 cm³/mol. The van der Waals surface area contributed by atoms with Crippen molar-refractivity contribution in [2.45, 2.75) is 6.61 Å². The molecule has 0 radical (unpaired) electrons. The summed E-state index contributed by atoms with van der Waals surface area (Å²) >= 11 is 8.53. The molecule has 0 aromatic heterocycles. The van der Waals surface area contributed by atoms with Gasteiger partial charge in [-0.25, -0.2) is 0 Å². The molecule has 1 fully saturated rings. The molecule has 7 heteroatoms. The topological polar surface area (TPSA) is 47.6 Å². The minimum atomic E-state index is -0.176. The largest absolute Gasteiger partial charge is 0.493 e. The summed E-state index contributed by atoms with van der Waals surface area (Å²) in [6.07, 6.45) is 1.80. The van der Waals surface area contributed by atoms with Crippen LogP contribution in [0.2, 0.25) is 0 Å². The summed E-state index contributed by atoms with van der Waals surface area (Å²) in [4.78, 5) is 12.5. The van der Waals surface area contributed by atoms with Crippen LogP contribution in [0.5, 0.6) is 11.5 Å². The number of hydrogen-bond donors (Lipinski definition) is 1.